The molecule has 1 fully saturated rings. The molecular weight excluding hydrogens is 340 g/mol. The normalized spacial score (nSPS) is 17.4. The molecule has 0 spiro atoms. The molecule has 1 saturated heterocycles. The minimum atomic E-state index is 0.0885. The van der Waals surface area contributed by atoms with E-state index >= 15 is 0 Å². The third-order valence-electron chi connectivity index (χ3n) is 5.43. The molecule has 0 unspecified atom stereocenters. The zero-order chi connectivity index (χ0) is 18.8. The highest BCUT2D eigenvalue weighted by molar-refractivity contribution is 5.77. The van der Waals surface area contributed by atoms with Gasteiger partial charge in [0, 0.05) is 30.6 Å². The molecular formula is C20H24N6O. The van der Waals surface area contributed by atoms with Gasteiger partial charge in [-0.15, -0.1) is 0 Å². The van der Waals surface area contributed by atoms with Crippen molar-refractivity contribution in [1.29, 1.82) is 0 Å². The van der Waals surface area contributed by atoms with E-state index in [1.54, 1.807) is 10.7 Å². The van der Waals surface area contributed by atoms with Gasteiger partial charge in [-0.2, -0.15) is 10.1 Å². The van der Waals surface area contributed by atoms with Gasteiger partial charge in [-0.1, -0.05) is 6.07 Å². The number of hydrogen-bond acceptors (Lipinski definition) is 5. The Labute approximate surface area is 158 Å². The van der Waals surface area contributed by atoms with Crippen molar-refractivity contribution < 1.29 is 4.79 Å². The maximum atomic E-state index is 13.0. The molecule has 1 atom stereocenters. The number of hydrogen-bond donors (Lipinski definition) is 0. The highest BCUT2D eigenvalue weighted by Gasteiger charge is 2.28. The number of amides is 1. The summed E-state index contributed by atoms with van der Waals surface area (Å²) in [7, 11) is 0. The van der Waals surface area contributed by atoms with E-state index in [0.29, 0.717) is 18.6 Å². The number of carbonyl (C=O) groups excluding carboxylic acids is 1. The Kier molecular flexibility index (Phi) is 4.83. The molecule has 0 aliphatic carbocycles. The molecule has 7 heteroatoms. The van der Waals surface area contributed by atoms with Gasteiger partial charge >= 0.3 is 0 Å². The fourth-order valence-corrected chi connectivity index (χ4v) is 4.00. The lowest BCUT2D eigenvalue weighted by atomic mass is 9.97. The minimum absolute atomic E-state index is 0.0885. The minimum Gasteiger partial charge on any atom is -0.334 e. The number of fused-ring (bicyclic) bond motifs is 1. The summed E-state index contributed by atoms with van der Waals surface area (Å²) in [5.41, 5.74) is 3.99. The van der Waals surface area contributed by atoms with Crippen LogP contribution in [0.2, 0.25) is 0 Å². The predicted octanol–water partition coefficient (Wildman–Crippen LogP) is 2.82. The van der Waals surface area contributed by atoms with Crippen molar-refractivity contribution in [3.05, 3.63) is 53.4 Å². The van der Waals surface area contributed by atoms with Crippen LogP contribution in [0.5, 0.6) is 0 Å². The van der Waals surface area contributed by atoms with Crippen LogP contribution in [0.15, 0.2) is 30.7 Å². The van der Waals surface area contributed by atoms with Crippen LogP contribution in [0.4, 0.5) is 0 Å². The highest BCUT2D eigenvalue weighted by Crippen LogP contribution is 2.30. The first-order valence-electron chi connectivity index (χ1n) is 9.51. The van der Waals surface area contributed by atoms with Gasteiger partial charge in [0.1, 0.15) is 6.33 Å². The Morgan fingerprint density at radius 3 is 2.93 bits per heavy atom. The Balaban J connectivity index is 1.52. The average molecular weight is 364 g/mol. The van der Waals surface area contributed by atoms with Crippen LogP contribution >= 0.6 is 0 Å². The van der Waals surface area contributed by atoms with E-state index in [4.69, 9.17) is 0 Å². The first-order chi connectivity index (χ1) is 13.1. The number of rotatable bonds is 4. The summed E-state index contributed by atoms with van der Waals surface area (Å²) in [5, 5.41) is 4.23. The van der Waals surface area contributed by atoms with Crippen LogP contribution in [0, 0.1) is 13.8 Å². The van der Waals surface area contributed by atoms with Gasteiger partial charge in [0.2, 0.25) is 5.91 Å². The molecule has 0 radical (unpaired) electrons. The summed E-state index contributed by atoms with van der Waals surface area (Å²) in [6.45, 7) is 4.78. The van der Waals surface area contributed by atoms with Gasteiger partial charge < -0.3 is 4.90 Å². The van der Waals surface area contributed by atoms with Crippen LogP contribution in [0.1, 0.15) is 54.4 Å². The van der Waals surface area contributed by atoms with Gasteiger partial charge in [0.15, 0.2) is 0 Å². The summed E-state index contributed by atoms with van der Waals surface area (Å²) in [6.07, 6.45) is 7.61. The number of aromatic nitrogens is 5. The zero-order valence-electron chi connectivity index (χ0n) is 15.8. The first-order valence-corrected chi connectivity index (χ1v) is 9.51. The quantitative estimate of drug-likeness (QED) is 0.711. The fourth-order valence-electron chi connectivity index (χ4n) is 4.00. The number of carbonyl (C=O) groups is 1. The Morgan fingerprint density at radius 1 is 1.22 bits per heavy atom. The Bertz CT molecular complexity index is 952. The summed E-state index contributed by atoms with van der Waals surface area (Å²) < 4.78 is 1.74. The molecule has 27 heavy (non-hydrogen) atoms. The maximum Gasteiger partial charge on any atom is 0.252 e. The lowest BCUT2D eigenvalue weighted by Crippen LogP contribution is -2.39. The highest BCUT2D eigenvalue weighted by atomic mass is 16.2. The maximum absolute atomic E-state index is 13.0. The molecule has 0 bridgehead atoms. The monoisotopic (exact) mass is 364 g/mol. The summed E-state index contributed by atoms with van der Waals surface area (Å²) in [6, 6.07) is 6.01. The molecule has 1 amide bonds. The second-order valence-corrected chi connectivity index (χ2v) is 7.09. The van der Waals surface area contributed by atoms with Crippen molar-refractivity contribution in [2.24, 2.45) is 0 Å². The largest absolute Gasteiger partial charge is 0.334 e. The molecule has 140 valence electrons. The second-order valence-electron chi connectivity index (χ2n) is 7.09. The van der Waals surface area contributed by atoms with Crippen LogP contribution in [0.25, 0.3) is 5.78 Å². The number of pyridine rings is 1. The summed E-state index contributed by atoms with van der Waals surface area (Å²) >= 11 is 0. The van der Waals surface area contributed by atoms with Gasteiger partial charge in [-0.05, 0) is 57.2 Å². The summed E-state index contributed by atoms with van der Waals surface area (Å²) in [4.78, 5) is 28.2. The van der Waals surface area contributed by atoms with Crippen molar-refractivity contribution >= 4 is 11.7 Å². The van der Waals surface area contributed by atoms with E-state index in [1.807, 2.05) is 36.9 Å². The standard InChI is InChI=1S/C20H24N6O/c1-14-16(15(2)26-20(24-14)22-13-23-26)9-10-19(27)25-12-6-4-8-18(25)17-7-3-5-11-21-17/h3,5,7,11,13,18H,4,6,8-10,12H2,1-2H3/t18-/m0/s1. The number of piperidine rings is 1. The topological polar surface area (TPSA) is 76.3 Å². The van der Waals surface area contributed by atoms with E-state index in [2.05, 4.69) is 20.1 Å². The molecule has 0 aromatic carbocycles. The lowest BCUT2D eigenvalue weighted by molar-refractivity contribution is -0.135. The lowest BCUT2D eigenvalue weighted by Gasteiger charge is -2.35. The van der Waals surface area contributed by atoms with Crippen molar-refractivity contribution in [1.82, 2.24) is 29.5 Å². The zero-order valence-corrected chi connectivity index (χ0v) is 15.8. The van der Waals surface area contributed by atoms with Crippen LogP contribution in [-0.2, 0) is 11.2 Å². The second kappa shape index (κ2) is 7.42. The van der Waals surface area contributed by atoms with Gasteiger partial charge in [0.05, 0.1) is 11.7 Å². The van der Waals surface area contributed by atoms with Crippen LogP contribution in [0.3, 0.4) is 0 Å². The van der Waals surface area contributed by atoms with E-state index < -0.39 is 0 Å². The molecule has 0 N–H and O–H groups in total. The molecule has 3 aromatic heterocycles. The summed E-state index contributed by atoms with van der Waals surface area (Å²) in [5.74, 6) is 0.786. The Hall–Kier alpha value is -2.83. The number of likely N-dealkylation sites (tertiary alicyclic amines) is 1. The van der Waals surface area contributed by atoms with E-state index in [0.717, 1.165) is 48.5 Å². The van der Waals surface area contributed by atoms with Gasteiger partial charge in [0.25, 0.3) is 5.78 Å². The molecule has 1 aliphatic heterocycles. The molecule has 4 heterocycles. The molecule has 4 rings (SSSR count). The average Bonchev–Trinajstić information content (AvgIpc) is 3.17. The first kappa shape index (κ1) is 17.6. The molecule has 1 aliphatic rings. The number of nitrogens with zero attached hydrogens (tertiary/aromatic N) is 6. The van der Waals surface area contributed by atoms with Gasteiger partial charge in [-0.3, -0.25) is 9.78 Å². The van der Waals surface area contributed by atoms with E-state index in [-0.39, 0.29) is 11.9 Å². The van der Waals surface area contributed by atoms with Crippen molar-refractivity contribution in [3.63, 3.8) is 0 Å². The third-order valence-corrected chi connectivity index (χ3v) is 5.43. The Morgan fingerprint density at radius 2 is 2.11 bits per heavy atom. The smallest absolute Gasteiger partial charge is 0.252 e. The fraction of sp³-hybridized carbons (Fsp3) is 0.450. The van der Waals surface area contributed by atoms with Crippen LogP contribution < -0.4 is 0 Å². The van der Waals surface area contributed by atoms with Crippen molar-refractivity contribution in [2.75, 3.05) is 6.54 Å². The van der Waals surface area contributed by atoms with E-state index in [1.165, 1.54) is 6.33 Å². The third kappa shape index (κ3) is 3.41. The van der Waals surface area contributed by atoms with Crippen molar-refractivity contribution in [2.45, 2.75) is 52.0 Å². The van der Waals surface area contributed by atoms with Crippen molar-refractivity contribution in [3.8, 4) is 0 Å². The van der Waals surface area contributed by atoms with Gasteiger partial charge in [-0.25, -0.2) is 9.50 Å². The molecule has 3 aromatic rings. The van der Waals surface area contributed by atoms with Crippen LogP contribution in [-0.4, -0.2) is 41.9 Å². The number of aryl methyl sites for hydroxylation is 2. The molecule has 0 saturated carbocycles. The SMILES string of the molecule is Cc1nc2ncnn2c(C)c1CCC(=O)N1CCCC[C@H]1c1ccccn1. The predicted molar refractivity (Wildman–Crippen MR) is 101 cm³/mol. The molecule has 7 nitrogen and oxygen atoms in total. The van der Waals surface area contributed by atoms with E-state index in [9.17, 15) is 4.79 Å².